The van der Waals surface area contributed by atoms with Crippen LogP contribution in [0.2, 0.25) is 0 Å². The Balaban J connectivity index is 2.53. The van der Waals surface area contributed by atoms with Gasteiger partial charge in [-0.1, -0.05) is 18.2 Å². The third-order valence-corrected chi connectivity index (χ3v) is 4.26. The van der Waals surface area contributed by atoms with Crippen molar-refractivity contribution >= 4 is 18.6 Å². The summed E-state index contributed by atoms with van der Waals surface area (Å²) in [6, 6.07) is 4.19. The highest BCUT2D eigenvalue weighted by atomic mass is 19.3. The smallest absolute Gasteiger partial charge is 0.465 e. The first-order valence-electron chi connectivity index (χ1n) is 6.95. The normalized spacial score (nSPS) is 19.5. The number of carbonyl (C=O) groups is 1. The fourth-order valence-electron chi connectivity index (χ4n) is 2.27. The summed E-state index contributed by atoms with van der Waals surface area (Å²) in [7, 11) is 0.247. The van der Waals surface area contributed by atoms with E-state index in [-0.39, 0.29) is 16.6 Å². The van der Waals surface area contributed by atoms with E-state index in [2.05, 4.69) is 4.74 Å². The zero-order chi connectivity index (χ0) is 16.7. The van der Waals surface area contributed by atoms with Gasteiger partial charge >= 0.3 is 13.1 Å². The van der Waals surface area contributed by atoms with E-state index in [9.17, 15) is 13.6 Å². The lowest BCUT2D eigenvalue weighted by Crippen LogP contribution is -2.41. The topological polar surface area (TPSA) is 44.8 Å². The molecule has 1 fully saturated rings. The molecule has 22 heavy (non-hydrogen) atoms. The van der Waals surface area contributed by atoms with Gasteiger partial charge in [0.1, 0.15) is 0 Å². The van der Waals surface area contributed by atoms with Gasteiger partial charge in [0.05, 0.1) is 23.9 Å². The van der Waals surface area contributed by atoms with E-state index in [0.29, 0.717) is 0 Å². The van der Waals surface area contributed by atoms with Crippen molar-refractivity contribution < 1.29 is 27.6 Å². The molecule has 1 aliphatic rings. The molecule has 7 heteroatoms. The third kappa shape index (κ3) is 2.75. The lowest BCUT2D eigenvalue weighted by Gasteiger charge is -2.32. The number of ether oxygens (including phenoxy) is 1. The molecule has 0 N–H and O–H groups in total. The van der Waals surface area contributed by atoms with Crippen LogP contribution in [0.5, 0.6) is 0 Å². The van der Waals surface area contributed by atoms with E-state index < -0.39 is 30.7 Å². The Bertz CT molecular complexity index is 571. The van der Waals surface area contributed by atoms with Crippen molar-refractivity contribution in [1.29, 1.82) is 0 Å². The van der Waals surface area contributed by atoms with E-state index in [1.807, 2.05) is 27.7 Å². The summed E-state index contributed by atoms with van der Waals surface area (Å²) >= 11 is 0. The molecule has 1 aliphatic heterocycles. The maximum absolute atomic E-state index is 13.2. The minimum atomic E-state index is -2.79. The summed E-state index contributed by atoms with van der Waals surface area (Å²) in [5.74, 6) is -0.833. The lowest BCUT2D eigenvalue weighted by atomic mass is 9.74. The monoisotopic (exact) mass is 312 g/mol. The molecule has 0 atom stereocenters. The van der Waals surface area contributed by atoms with Crippen molar-refractivity contribution in [3.05, 3.63) is 29.3 Å². The van der Waals surface area contributed by atoms with E-state index in [0.717, 1.165) is 7.11 Å². The van der Waals surface area contributed by atoms with Crippen molar-refractivity contribution in [1.82, 2.24) is 0 Å². The molecular weight excluding hydrogens is 293 g/mol. The SMILES string of the molecule is COC(=O)c1c(B2OC(C)(C)C(C)(C)O2)cccc1C(F)F. The highest BCUT2D eigenvalue weighted by Gasteiger charge is 2.52. The number of hydrogen-bond acceptors (Lipinski definition) is 4. The van der Waals surface area contributed by atoms with Gasteiger partial charge in [0.25, 0.3) is 6.43 Å². The summed E-state index contributed by atoms with van der Waals surface area (Å²) in [6.45, 7) is 7.40. The molecular formula is C15H19BF2O4. The van der Waals surface area contributed by atoms with Gasteiger partial charge in [-0.25, -0.2) is 13.6 Å². The van der Waals surface area contributed by atoms with Crippen LogP contribution in [0.15, 0.2) is 18.2 Å². The first-order chi connectivity index (χ1) is 10.1. The van der Waals surface area contributed by atoms with Crippen LogP contribution in [0, 0.1) is 0 Å². The highest BCUT2D eigenvalue weighted by Crippen LogP contribution is 2.37. The van der Waals surface area contributed by atoms with E-state index in [4.69, 9.17) is 9.31 Å². The molecule has 2 rings (SSSR count). The summed E-state index contributed by atoms with van der Waals surface area (Å²) in [5, 5.41) is 0. The molecule has 0 saturated carbocycles. The zero-order valence-electron chi connectivity index (χ0n) is 13.3. The Labute approximate surface area is 128 Å². The van der Waals surface area contributed by atoms with Crippen LogP contribution in [0.4, 0.5) is 8.78 Å². The number of alkyl halides is 2. The number of esters is 1. The quantitative estimate of drug-likeness (QED) is 0.636. The van der Waals surface area contributed by atoms with Crippen LogP contribution < -0.4 is 5.46 Å². The molecule has 4 nitrogen and oxygen atoms in total. The Morgan fingerprint density at radius 3 is 2.18 bits per heavy atom. The van der Waals surface area contributed by atoms with Crippen LogP contribution >= 0.6 is 0 Å². The van der Waals surface area contributed by atoms with Crippen molar-refractivity contribution in [3.8, 4) is 0 Å². The van der Waals surface area contributed by atoms with Gasteiger partial charge in [0.2, 0.25) is 0 Å². The molecule has 0 bridgehead atoms. The van der Waals surface area contributed by atoms with E-state index in [1.165, 1.54) is 12.1 Å². The van der Waals surface area contributed by atoms with Crippen molar-refractivity contribution in [2.24, 2.45) is 0 Å². The molecule has 0 unspecified atom stereocenters. The maximum Gasteiger partial charge on any atom is 0.495 e. The summed E-state index contributed by atoms with van der Waals surface area (Å²) < 4.78 is 42.8. The number of hydrogen-bond donors (Lipinski definition) is 0. The average Bonchev–Trinajstić information content (AvgIpc) is 2.65. The van der Waals surface area contributed by atoms with Crippen molar-refractivity contribution in [2.75, 3.05) is 7.11 Å². The number of rotatable bonds is 3. The van der Waals surface area contributed by atoms with Crippen LogP contribution in [0.25, 0.3) is 0 Å². The Morgan fingerprint density at radius 2 is 1.73 bits per heavy atom. The third-order valence-electron chi connectivity index (χ3n) is 4.26. The van der Waals surface area contributed by atoms with Gasteiger partial charge in [0.15, 0.2) is 0 Å². The Hall–Kier alpha value is -1.47. The number of carbonyl (C=O) groups excluding carboxylic acids is 1. The lowest BCUT2D eigenvalue weighted by molar-refractivity contribution is 0.00578. The molecule has 0 amide bonds. The molecule has 1 aromatic carbocycles. The molecule has 0 aliphatic carbocycles. The van der Waals surface area contributed by atoms with Crippen molar-refractivity contribution in [2.45, 2.75) is 45.3 Å². The summed E-state index contributed by atoms with van der Waals surface area (Å²) in [5.41, 5.74) is -1.60. The fraction of sp³-hybridized carbons (Fsp3) is 0.533. The molecule has 1 saturated heterocycles. The average molecular weight is 312 g/mol. The van der Waals surface area contributed by atoms with Gasteiger partial charge in [-0.3, -0.25) is 0 Å². The predicted molar refractivity (Wildman–Crippen MR) is 78.5 cm³/mol. The predicted octanol–water partition coefficient (Wildman–Crippen LogP) is 2.71. The number of benzene rings is 1. The second-order valence-corrected chi connectivity index (χ2v) is 6.19. The minimum absolute atomic E-state index is 0.196. The maximum atomic E-state index is 13.2. The van der Waals surface area contributed by atoms with Crippen LogP contribution in [-0.4, -0.2) is 31.4 Å². The minimum Gasteiger partial charge on any atom is -0.465 e. The first-order valence-corrected chi connectivity index (χ1v) is 6.95. The standard InChI is InChI=1S/C15H19BF2O4/c1-14(2)15(3,4)22-16(21-14)10-8-6-7-9(12(17)18)11(10)13(19)20-5/h6-8,12H,1-5H3. The Morgan fingerprint density at radius 1 is 1.18 bits per heavy atom. The van der Waals surface area contributed by atoms with Gasteiger partial charge in [-0.05, 0) is 33.2 Å². The summed E-state index contributed by atoms with van der Waals surface area (Å²) in [4.78, 5) is 12.0. The summed E-state index contributed by atoms with van der Waals surface area (Å²) in [6.07, 6.45) is -2.79. The van der Waals surface area contributed by atoms with Gasteiger partial charge in [0, 0.05) is 5.56 Å². The molecule has 1 aromatic rings. The molecule has 1 heterocycles. The Kier molecular flexibility index (Phi) is 4.32. The highest BCUT2D eigenvalue weighted by molar-refractivity contribution is 6.63. The second-order valence-electron chi connectivity index (χ2n) is 6.19. The second kappa shape index (κ2) is 5.63. The van der Waals surface area contributed by atoms with E-state index in [1.54, 1.807) is 6.07 Å². The molecule has 0 radical (unpaired) electrons. The first kappa shape index (κ1) is 16.9. The molecule has 0 spiro atoms. The van der Waals surface area contributed by atoms with Gasteiger partial charge in [-0.15, -0.1) is 0 Å². The van der Waals surface area contributed by atoms with Crippen LogP contribution in [0.3, 0.4) is 0 Å². The number of methoxy groups -OCH3 is 1. The van der Waals surface area contributed by atoms with E-state index >= 15 is 0 Å². The van der Waals surface area contributed by atoms with Gasteiger partial charge in [-0.2, -0.15) is 0 Å². The largest absolute Gasteiger partial charge is 0.495 e. The molecule has 120 valence electrons. The molecule has 0 aromatic heterocycles. The number of halogens is 2. The fourth-order valence-corrected chi connectivity index (χ4v) is 2.27. The van der Waals surface area contributed by atoms with Crippen LogP contribution in [0.1, 0.15) is 50.0 Å². The zero-order valence-corrected chi connectivity index (χ0v) is 13.3. The van der Waals surface area contributed by atoms with Crippen LogP contribution in [-0.2, 0) is 14.0 Å². The van der Waals surface area contributed by atoms with Crippen molar-refractivity contribution in [3.63, 3.8) is 0 Å². The van der Waals surface area contributed by atoms with Gasteiger partial charge < -0.3 is 14.0 Å².